The molecule has 25 heavy (non-hydrogen) atoms. The van der Waals surface area contributed by atoms with E-state index in [1.54, 1.807) is 29.5 Å². The van der Waals surface area contributed by atoms with Crippen molar-refractivity contribution in [1.82, 2.24) is 15.1 Å². The lowest BCUT2D eigenvalue weighted by Gasteiger charge is -2.07. The van der Waals surface area contributed by atoms with Crippen LogP contribution >= 0.6 is 11.3 Å². The number of hydrogen-bond donors (Lipinski definition) is 1. The number of carbonyl (C=O) groups excluding carboxylic acids is 1. The molecule has 4 rings (SSSR count). The number of amides is 1. The fourth-order valence-electron chi connectivity index (χ4n) is 2.70. The quantitative estimate of drug-likeness (QED) is 0.764. The molecule has 3 aromatic rings. The summed E-state index contributed by atoms with van der Waals surface area (Å²) in [6.07, 6.45) is 0. The predicted octanol–water partition coefficient (Wildman–Crippen LogP) is 3.08. The maximum atomic E-state index is 12.3. The van der Waals surface area contributed by atoms with Crippen LogP contribution in [0.15, 0.2) is 41.8 Å². The van der Waals surface area contributed by atoms with Crippen LogP contribution in [0.4, 0.5) is 0 Å². The number of hydrogen-bond acceptors (Lipinski definition) is 5. The Bertz CT molecular complexity index is 902. The zero-order valence-corrected chi connectivity index (χ0v) is 14.5. The molecule has 0 radical (unpaired) electrons. The molecule has 0 aliphatic carbocycles. The van der Waals surface area contributed by atoms with E-state index in [2.05, 4.69) is 22.5 Å². The first kappa shape index (κ1) is 15.7. The average Bonchev–Trinajstić information content (AvgIpc) is 3.35. The van der Waals surface area contributed by atoms with Crippen LogP contribution in [-0.2, 0) is 6.54 Å². The van der Waals surface area contributed by atoms with Gasteiger partial charge in [0.05, 0.1) is 11.4 Å². The number of benzene rings is 1. The van der Waals surface area contributed by atoms with Crippen molar-refractivity contribution in [2.75, 3.05) is 13.3 Å². The minimum atomic E-state index is -0.137. The van der Waals surface area contributed by atoms with Gasteiger partial charge in [0.1, 0.15) is 5.69 Å². The summed E-state index contributed by atoms with van der Waals surface area (Å²) in [7, 11) is 0. The van der Waals surface area contributed by atoms with Crippen molar-refractivity contribution in [1.29, 1.82) is 0 Å². The van der Waals surface area contributed by atoms with Crippen molar-refractivity contribution in [2.24, 2.45) is 0 Å². The highest BCUT2D eigenvalue weighted by molar-refractivity contribution is 7.13. The number of ether oxygens (including phenoxy) is 2. The summed E-state index contributed by atoms with van der Waals surface area (Å²) in [5.74, 6) is 1.14. The molecule has 0 spiro atoms. The SMILES string of the molecule is Cc1cc(-c2cccs2)nn1CCNC(=O)c1ccc2c(c1)OCO2. The van der Waals surface area contributed by atoms with Gasteiger partial charge in [-0.15, -0.1) is 11.3 Å². The molecule has 3 heterocycles. The number of nitrogens with one attached hydrogen (secondary N) is 1. The molecule has 1 aromatic carbocycles. The lowest BCUT2D eigenvalue weighted by Crippen LogP contribution is -2.27. The Hall–Kier alpha value is -2.80. The third-order valence-electron chi connectivity index (χ3n) is 4.00. The highest BCUT2D eigenvalue weighted by Crippen LogP contribution is 2.32. The summed E-state index contributed by atoms with van der Waals surface area (Å²) in [5.41, 5.74) is 2.59. The molecule has 0 bridgehead atoms. The van der Waals surface area contributed by atoms with E-state index in [0.717, 1.165) is 16.3 Å². The third-order valence-corrected chi connectivity index (χ3v) is 4.89. The molecular formula is C18H17N3O3S. The van der Waals surface area contributed by atoms with E-state index in [1.807, 2.05) is 23.1 Å². The van der Waals surface area contributed by atoms with Gasteiger partial charge in [0, 0.05) is 17.8 Å². The Balaban J connectivity index is 1.37. The molecule has 6 nitrogen and oxygen atoms in total. The summed E-state index contributed by atoms with van der Waals surface area (Å²) in [6, 6.07) is 11.3. The van der Waals surface area contributed by atoms with E-state index in [9.17, 15) is 4.79 Å². The van der Waals surface area contributed by atoms with Crippen LogP contribution in [-0.4, -0.2) is 29.0 Å². The van der Waals surface area contributed by atoms with Gasteiger partial charge in [-0.05, 0) is 42.6 Å². The van der Waals surface area contributed by atoms with Crippen LogP contribution in [0.2, 0.25) is 0 Å². The highest BCUT2D eigenvalue weighted by Gasteiger charge is 2.16. The fraction of sp³-hybridized carbons (Fsp3) is 0.222. The van der Waals surface area contributed by atoms with Crippen LogP contribution in [0, 0.1) is 6.92 Å². The highest BCUT2D eigenvalue weighted by atomic mass is 32.1. The first-order valence-corrected chi connectivity index (χ1v) is 8.85. The standard InChI is InChI=1S/C18H17N3O3S/c1-12-9-14(17-3-2-8-25-17)20-21(12)7-6-19-18(22)13-4-5-15-16(10-13)24-11-23-15/h2-5,8-10H,6-7,11H2,1H3,(H,19,22). The van der Waals surface area contributed by atoms with Crippen molar-refractivity contribution < 1.29 is 14.3 Å². The van der Waals surface area contributed by atoms with E-state index in [-0.39, 0.29) is 12.7 Å². The molecule has 0 saturated carbocycles. The first-order valence-electron chi connectivity index (χ1n) is 7.97. The number of nitrogens with zero attached hydrogens (tertiary/aromatic N) is 2. The lowest BCUT2D eigenvalue weighted by molar-refractivity contribution is 0.0951. The van der Waals surface area contributed by atoms with E-state index in [4.69, 9.17) is 9.47 Å². The smallest absolute Gasteiger partial charge is 0.251 e. The van der Waals surface area contributed by atoms with Crippen molar-refractivity contribution in [2.45, 2.75) is 13.5 Å². The Morgan fingerprint density at radius 3 is 3.00 bits per heavy atom. The molecule has 0 saturated heterocycles. The van der Waals surface area contributed by atoms with Crippen molar-refractivity contribution in [3.8, 4) is 22.1 Å². The van der Waals surface area contributed by atoms with Crippen LogP contribution in [0.25, 0.3) is 10.6 Å². The van der Waals surface area contributed by atoms with Crippen LogP contribution < -0.4 is 14.8 Å². The summed E-state index contributed by atoms with van der Waals surface area (Å²) in [4.78, 5) is 13.4. The second-order valence-corrected chi connectivity index (χ2v) is 6.64. The van der Waals surface area contributed by atoms with Gasteiger partial charge in [-0.25, -0.2) is 0 Å². The van der Waals surface area contributed by atoms with Crippen LogP contribution in [0.1, 0.15) is 16.1 Å². The molecule has 1 aliphatic heterocycles. The summed E-state index contributed by atoms with van der Waals surface area (Å²) >= 11 is 1.67. The topological polar surface area (TPSA) is 65.4 Å². The number of rotatable bonds is 5. The van der Waals surface area contributed by atoms with E-state index in [0.29, 0.717) is 30.2 Å². The van der Waals surface area contributed by atoms with E-state index in [1.165, 1.54) is 0 Å². The van der Waals surface area contributed by atoms with Crippen molar-refractivity contribution >= 4 is 17.2 Å². The summed E-state index contributed by atoms with van der Waals surface area (Å²) in [6.45, 7) is 3.34. The number of aryl methyl sites for hydroxylation is 1. The number of fused-ring (bicyclic) bond motifs is 1. The normalized spacial score (nSPS) is 12.4. The Labute approximate surface area is 149 Å². The Morgan fingerprint density at radius 1 is 1.28 bits per heavy atom. The molecule has 0 unspecified atom stereocenters. The fourth-order valence-corrected chi connectivity index (χ4v) is 3.38. The molecule has 7 heteroatoms. The Kier molecular flexibility index (Phi) is 4.15. The predicted molar refractivity (Wildman–Crippen MR) is 95.2 cm³/mol. The maximum absolute atomic E-state index is 12.3. The van der Waals surface area contributed by atoms with Gasteiger partial charge in [0.25, 0.3) is 5.91 Å². The third kappa shape index (κ3) is 3.23. The largest absolute Gasteiger partial charge is 0.454 e. The molecule has 1 aliphatic rings. The molecule has 0 fully saturated rings. The summed E-state index contributed by atoms with van der Waals surface area (Å²) in [5, 5.41) is 9.56. The van der Waals surface area contributed by atoms with Crippen molar-refractivity contribution in [3.63, 3.8) is 0 Å². The van der Waals surface area contributed by atoms with Gasteiger partial charge < -0.3 is 14.8 Å². The maximum Gasteiger partial charge on any atom is 0.251 e. The zero-order valence-electron chi connectivity index (χ0n) is 13.7. The molecule has 2 aromatic heterocycles. The van der Waals surface area contributed by atoms with Gasteiger partial charge in [0.15, 0.2) is 11.5 Å². The minimum Gasteiger partial charge on any atom is -0.454 e. The minimum absolute atomic E-state index is 0.137. The monoisotopic (exact) mass is 355 g/mol. The first-order chi connectivity index (χ1) is 12.2. The number of thiophene rings is 1. The van der Waals surface area contributed by atoms with Gasteiger partial charge in [-0.2, -0.15) is 5.10 Å². The number of aromatic nitrogens is 2. The molecule has 0 atom stereocenters. The number of carbonyl (C=O) groups is 1. The van der Waals surface area contributed by atoms with Gasteiger partial charge in [-0.3, -0.25) is 9.48 Å². The van der Waals surface area contributed by atoms with E-state index < -0.39 is 0 Å². The lowest BCUT2D eigenvalue weighted by atomic mass is 10.2. The zero-order chi connectivity index (χ0) is 17.2. The van der Waals surface area contributed by atoms with Crippen molar-refractivity contribution in [3.05, 3.63) is 53.0 Å². The molecule has 1 N–H and O–H groups in total. The molecule has 128 valence electrons. The van der Waals surface area contributed by atoms with Gasteiger partial charge in [0.2, 0.25) is 6.79 Å². The average molecular weight is 355 g/mol. The summed E-state index contributed by atoms with van der Waals surface area (Å²) < 4.78 is 12.5. The van der Waals surface area contributed by atoms with Gasteiger partial charge >= 0.3 is 0 Å². The van der Waals surface area contributed by atoms with Crippen LogP contribution in [0.5, 0.6) is 11.5 Å². The van der Waals surface area contributed by atoms with E-state index >= 15 is 0 Å². The molecule has 1 amide bonds. The van der Waals surface area contributed by atoms with Crippen LogP contribution in [0.3, 0.4) is 0 Å². The second kappa shape index (κ2) is 6.60. The Morgan fingerprint density at radius 2 is 2.16 bits per heavy atom. The van der Waals surface area contributed by atoms with Gasteiger partial charge in [-0.1, -0.05) is 6.07 Å². The molecular weight excluding hydrogens is 338 g/mol. The second-order valence-electron chi connectivity index (χ2n) is 5.70.